The number of benzene rings is 7. The molecular formula is C62H58N4. The topological polar surface area (TPSA) is 14.7 Å². The number of aryl methyl sites for hydroxylation is 1. The molecule has 0 N–H and O–H groups in total. The maximum Gasteiger partial charge on any atom is 0.0531 e. The first-order valence-electron chi connectivity index (χ1n) is 22.8. The fourth-order valence-corrected chi connectivity index (χ4v) is 8.67. The van der Waals surface area contributed by atoms with E-state index in [-0.39, 0.29) is 5.92 Å². The number of rotatable bonds is 14. The van der Waals surface area contributed by atoms with Crippen molar-refractivity contribution in [3.05, 3.63) is 273 Å². The van der Waals surface area contributed by atoms with Crippen molar-refractivity contribution in [3.63, 3.8) is 0 Å². The van der Waals surface area contributed by atoms with Gasteiger partial charge in [-0.15, -0.1) is 19.7 Å². The van der Waals surface area contributed by atoms with Crippen molar-refractivity contribution in [3.8, 4) is 16.8 Å². The lowest BCUT2D eigenvalue weighted by Gasteiger charge is -2.29. The fraction of sp³-hybridized carbons (Fsp3) is 0.0968. The molecule has 0 saturated heterocycles. The Hall–Kier alpha value is -8.08. The molecule has 66 heavy (non-hydrogen) atoms. The SMILES string of the molecule is C=CC.C=CCN(C1=CCC=C(N(c2ccccc2)c2ccc(-c3ccc(N(c4ccccc4)c4ccc(-n5cc(C)c6ccccc65)cc4)cc3)cc2)C=C1)c1ccccc1C(C)C=C. The van der Waals surface area contributed by atoms with Crippen LogP contribution in [0.15, 0.2) is 262 Å². The quantitative estimate of drug-likeness (QED) is 0.101. The summed E-state index contributed by atoms with van der Waals surface area (Å²) in [6, 6.07) is 65.1. The molecule has 0 amide bonds. The third-order valence-corrected chi connectivity index (χ3v) is 11.9. The van der Waals surface area contributed by atoms with Crippen LogP contribution < -0.4 is 14.7 Å². The first kappa shape index (κ1) is 44.5. The van der Waals surface area contributed by atoms with Crippen LogP contribution in [0.5, 0.6) is 0 Å². The number of allylic oxidation sites excluding steroid dienone is 6. The lowest BCUT2D eigenvalue weighted by Crippen LogP contribution is -2.23. The van der Waals surface area contributed by atoms with Gasteiger partial charge in [-0.25, -0.2) is 0 Å². The van der Waals surface area contributed by atoms with E-state index in [0.29, 0.717) is 6.54 Å². The number of para-hydroxylation sites is 4. The minimum absolute atomic E-state index is 0.223. The Morgan fingerprint density at radius 1 is 0.561 bits per heavy atom. The number of fused-ring (bicyclic) bond motifs is 1. The van der Waals surface area contributed by atoms with Gasteiger partial charge < -0.3 is 19.3 Å². The van der Waals surface area contributed by atoms with Crippen LogP contribution in [0, 0.1) is 6.92 Å². The first-order valence-corrected chi connectivity index (χ1v) is 22.8. The molecular weight excluding hydrogens is 801 g/mol. The predicted octanol–water partition coefficient (Wildman–Crippen LogP) is 17.1. The molecule has 0 saturated carbocycles. The summed E-state index contributed by atoms with van der Waals surface area (Å²) in [5.41, 5.74) is 16.1. The van der Waals surface area contributed by atoms with Crippen molar-refractivity contribution in [1.82, 2.24) is 4.57 Å². The van der Waals surface area contributed by atoms with E-state index in [9.17, 15) is 0 Å². The number of nitrogens with zero attached hydrogens (tertiary/aromatic N) is 4. The Kier molecular flexibility index (Phi) is 14.2. The van der Waals surface area contributed by atoms with Crippen LogP contribution in [0.2, 0.25) is 0 Å². The van der Waals surface area contributed by atoms with Crippen molar-refractivity contribution in [2.75, 3.05) is 21.2 Å². The standard InChI is InChI=1S/C59H52N4.C3H6/c1-5-42-60(58-26-15-13-24-56(58)44(3)6-2)48-22-17-23-52(39-36-48)62(50-18-9-7-10-19-50)53-32-28-46(29-33-53)47-30-34-54(35-31-47)63(51-20-11-8-12-21-51)55-40-37-49(38-41-55)61-43-45(4)57-25-14-16-27-59(57)61;1-3-2/h5-16,18-41,43-44H,1-2,17,42H2,3-4H3;3H,1H2,2H3. The van der Waals surface area contributed by atoms with Gasteiger partial charge in [0.25, 0.3) is 0 Å². The Balaban J connectivity index is 0.00000192. The Labute approximate surface area is 392 Å². The zero-order valence-electron chi connectivity index (χ0n) is 38.3. The molecule has 4 heteroatoms. The summed E-state index contributed by atoms with van der Waals surface area (Å²) >= 11 is 0. The second kappa shape index (κ2) is 21.1. The van der Waals surface area contributed by atoms with Crippen LogP contribution in [0.4, 0.5) is 34.1 Å². The van der Waals surface area contributed by atoms with Crippen molar-refractivity contribution in [2.24, 2.45) is 0 Å². The normalized spacial score (nSPS) is 12.4. The molecule has 0 aliphatic heterocycles. The number of hydrogen-bond donors (Lipinski definition) is 0. The summed E-state index contributed by atoms with van der Waals surface area (Å²) in [6.45, 7) is 18.5. The van der Waals surface area contributed by atoms with E-state index in [2.05, 4.69) is 265 Å². The zero-order valence-corrected chi connectivity index (χ0v) is 38.3. The van der Waals surface area contributed by atoms with Crippen molar-refractivity contribution in [1.29, 1.82) is 0 Å². The molecule has 1 aliphatic carbocycles. The molecule has 0 fully saturated rings. The molecule has 0 spiro atoms. The van der Waals surface area contributed by atoms with Crippen LogP contribution in [0.3, 0.4) is 0 Å². The van der Waals surface area contributed by atoms with Gasteiger partial charge in [-0.2, -0.15) is 0 Å². The summed E-state index contributed by atoms with van der Waals surface area (Å²) in [6.07, 6.45) is 17.8. The third-order valence-electron chi connectivity index (χ3n) is 11.9. The van der Waals surface area contributed by atoms with E-state index in [4.69, 9.17) is 0 Å². The second-order valence-corrected chi connectivity index (χ2v) is 16.4. The van der Waals surface area contributed by atoms with E-state index >= 15 is 0 Å². The number of anilines is 6. The van der Waals surface area contributed by atoms with Gasteiger partial charge in [-0.3, -0.25) is 0 Å². The van der Waals surface area contributed by atoms with Crippen LogP contribution in [0.1, 0.15) is 37.3 Å². The van der Waals surface area contributed by atoms with E-state index in [1.54, 1.807) is 6.08 Å². The predicted molar refractivity (Wildman–Crippen MR) is 285 cm³/mol. The van der Waals surface area contributed by atoms with E-state index < -0.39 is 0 Å². The van der Waals surface area contributed by atoms with Gasteiger partial charge >= 0.3 is 0 Å². The van der Waals surface area contributed by atoms with Crippen LogP contribution >= 0.6 is 0 Å². The molecule has 1 aromatic heterocycles. The molecule has 326 valence electrons. The summed E-state index contributed by atoms with van der Waals surface area (Å²) in [5.74, 6) is 0.223. The number of hydrogen-bond acceptors (Lipinski definition) is 3. The molecule has 0 radical (unpaired) electrons. The van der Waals surface area contributed by atoms with Gasteiger partial charge in [0.1, 0.15) is 0 Å². The van der Waals surface area contributed by atoms with Crippen LogP contribution in [-0.4, -0.2) is 11.1 Å². The van der Waals surface area contributed by atoms with Gasteiger partial charge in [0.2, 0.25) is 0 Å². The molecule has 7 aromatic carbocycles. The molecule has 4 nitrogen and oxygen atoms in total. The largest absolute Gasteiger partial charge is 0.338 e. The highest BCUT2D eigenvalue weighted by Gasteiger charge is 2.19. The van der Waals surface area contributed by atoms with Gasteiger partial charge in [0, 0.05) is 75.3 Å². The van der Waals surface area contributed by atoms with Crippen LogP contribution in [0.25, 0.3) is 27.7 Å². The van der Waals surface area contributed by atoms with E-state index in [1.807, 2.05) is 19.1 Å². The maximum absolute atomic E-state index is 4.11. The Morgan fingerprint density at radius 2 is 1.05 bits per heavy atom. The highest BCUT2D eigenvalue weighted by Crippen LogP contribution is 2.39. The molecule has 1 atom stereocenters. The summed E-state index contributed by atoms with van der Waals surface area (Å²) in [4.78, 5) is 7.01. The summed E-state index contributed by atoms with van der Waals surface area (Å²) in [7, 11) is 0. The molecule has 9 rings (SSSR count). The second-order valence-electron chi connectivity index (χ2n) is 16.4. The monoisotopic (exact) mass is 858 g/mol. The first-order chi connectivity index (χ1) is 32.4. The van der Waals surface area contributed by atoms with Gasteiger partial charge in [-0.1, -0.05) is 134 Å². The maximum atomic E-state index is 4.11. The average Bonchev–Trinajstić information content (AvgIpc) is 3.52. The highest BCUT2D eigenvalue weighted by atomic mass is 15.2. The van der Waals surface area contributed by atoms with Crippen molar-refractivity contribution < 1.29 is 0 Å². The van der Waals surface area contributed by atoms with E-state index in [1.165, 1.54) is 27.7 Å². The third kappa shape index (κ3) is 9.69. The minimum Gasteiger partial charge on any atom is -0.338 e. The zero-order chi connectivity index (χ0) is 45.8. The fourth-order valence-electron chi connectivity index (χ4n) is 8.67. The molecule has 1 unspecified atom stereocenters. The van der Waals surface area contributed by atoms with Gasteiger partial charge in [-0.05, 0) is 140 Å². The lowest BCUT2D eigenvalue weighted by atomic mass is 9.98. The lowest BCUT2D eigenvalue weighted by molar-refractivity contribution is 0.936. The number of aromatic nitrogens is 1. The molecule has 8 aromatic rings. The van der Waals surface area contributed by atoms with Crippen molar-refractivity contribution in [2.45, 2.75) is 33.1 Å². The van der Waals surface area contributed by atoms with Gasteiger partial charge in [0.15, 0.2) is 0 Å². The summed E-state index contributed by atoms with van der Waals surface area (Å²) < 4.78 is 2.28. The highest BCUT2D eigenvalue weighted by molar-refractivity contribution is 5.86. The minimum atomic E-state index is 0.223. The van der Waals surface area contributed by atoms with Crippen LogP contribution in [-0.2, 0) is 0 Å². The molecule has 1 aliphatic rings. The Bertz CT molecular complexity index is 2990. The summed E-state index contributed by atoms with van der Waals surface area (Å²) in [5, 5.41) is 1.28. The van der Waals surface area contributed by atoms with Crippen molar-refractivity contribution >= 4 is 45.0 Å². The van der Waals surface area contributed by atoms with E-state index in [0.717, 1.165) is 63.1 Å². The smallest absolute Gasteiger partial charge is 0.0531 e. The molecule has 1 heterocycles. The average molecular weight is 859 g/mol. The Morgan fingerprint density at radius 3 is 1.65 bits per heavy atom. The molecule has 0 bridgehead atoms. The van der Waals surface area contributed by atoms with Gasteiger partial charge in [0.05, 0.1) is 5.52 Å².